The van der Waals surface area contributed by atoms with Gasteiger partial charge in [-0.1, -0.05) is 18.2 Å². The number of benzene rings is 1. The quantitative estimate of drug-likeness (QED) is 0.724. The number of hydrogen-bond acceptors (Lipinski definition) is 3. The fourth-order valence-electron chi connectivity index (χ4n) is 2.39. The van der Waals surface area contributed by atoms with E-state index in [1.807, 2.05) is 48.9 Å². The fraction of sp³-hybridized carbons (Fsp3) is 0.444. The first-order valence-electron chi connectivity index (χ1n) is 8.11. The summed E-state index contributed by atoms with van der Waals surface area (Å²) in [5, 5.41) is 7.35. The normalized spacial score (nSPS) is 10.5. The van der Waals surface area contributed by atoms with Gasteiger partial charge in [-0.2, -0.15) is 5.10 Å². The van der Waals surface area contributed by atoms with E-state index in [1.165, 1.54) is 0 Å². The van der Waals surface area contributed by atoms with Crippen LogP contribution in [0, 0.1) is 13.8 Å². The predicted octanol–water partition coefficient (Wildman–Crippen LogP) is 2.87. The monoisotopic (exact) mass is 315 g/mol. The number of para-hydroxylation sites is 1. The van der Waals surface area contributed by atoms with Crippen molar-refractivity contribution in [1.82, 2.24) is 15.1 Å². The SMILES string of the molecule is Cc1cc(C)n(CCCNC(=O)CCCOc2ccccc2)n1. The molecule has 1 amide bonds. The van der Waals surface area contributed by atoms with Crippen LogP contribution < -0.4 is 10.1 Å². The number of aromatic nitrogens is 2. The van der Waals surface area contributed by atoms with E-state index in [2.05, 4.69) is 16.5 Å². The average molecular weight is 315 g/mol. The zero-order valence-electron chi connectivity index (χ0n) is 13.9. The second-order valence-electron chi connectivity index (χ2n) is 5.62. The van der Waals surface area contributed by atoms with Crippen LogP contribution in [0.1, 0.15) is 30.7 Å². The Kier molecular flexibility index (Phi) is 6.66. The molecule has 5 heteroatoms. The molecular weight excluding hydrogens is 290 g/mol. The molecule has 5 nitrogen and oxygen atoms in total. The summed E-state index contributed by atoms with van der Waals surface area (Å²) in [5.41, 5.74) is 2.19. The minimum atomic E-state index is 0.0787. The van der Waals surface area contributed by atoms with Gasteiger partial charge in [0.2, 0.25) is 5.91 Å². The van der Waals surface area contributed by atoms with Crippen molar-refractivity contribution in [3.05, 3.63) is 47.8 Å². The molecule has 0 unspecified atom stereocenters. The van der Waals surface area contributed by atoms with Crippen LogP contribution >= 0.6 is 0 Å². The lowest BCUT2D eigenvalue weighted by Crippen LogP contribution is -2.25. The van der Waals surface area contributed by atoms with Crippen LogP contribution in [0.5, 0.6) is 5.75 Å². The Morgan fingerprint density at radius 3 is 2.70 bits per heavy atom. The lowest BCUT2D eigenvalue weighted by molar-refractivity contribution is -0.121. The molecule has 1 heterocycles. The predicted molar refractivity (Wildman–Crippen MR) is 90.5 cm³/mol. The third kappa shape index (κ3) is 6.14. The smallest absolute Gasteiger partial charge is 0.220 e. The molecule has 2 aromatic rings. The molecule has 1 aromatic heterocycles. The molecule has 0 spiro atoms. The number of amides is 1. The standard InChI is InChI=1S/C18H25N3O2/c1-15-14-16(2)21(20-15)12-7-11-19-18(22)10-6-13-23-17-8-4-3-5-9-17/h3-5,8-9,14H,6-7,10-13H2,1-2H3,(H,19,22). The van der Waals surface area contributed by atoms with E-state index in [4.69, 9.17) is 4.74 Å². The summed E-state index contributed by atoms with van der Waals surface area (Å²) in [6.45, 7) is 6.10. The van der Waals surface area contributed by atoms with E-state index in [1.54, 1.807) is 0 Å². The van der Waals surface area contributed by atoms with Crippen molar-refractivity contribution >= 4 is 5.91 Å². The van der Waals surface area contributed by atoms with Gasteiger partial charge in [-0.15, -0.1) is 0 Å². The largest absolute Gasteiger partial charge is 0.494 e. The Morgan fingerprint density at radius 2 is 2.00 bits per heavy atom. The highest BCUT2D eigenvalue weighted by molar-refractivity contribution is 5.75. The number of nitrogens with zero attached hydrogens (tertiary/aromatic N) is 2. The first kappa shape index (κ1) is 17.1. The van der Waals surface area contributed by atoms with Crippen LogP contribution in [0.4, 0.5) is 0 Å². The Bertz CT molecular complexity index is 608. The second-order valence-corrected chi connectivity index (χ2v) is 5.62. The van der Waals surface area contributed by atoms with Crippen molar-refractivity contribution in [1.29, 1.82) is 0 Å². The van der Waals surface area contributed by atoms with Crippen LogP contribution in [-0.2, 0) is 11.3 Å². The van der Waals surface area contributed by atoms with Gasteiger partial charge in [0.15, 0.2) is 0 Å². The van der Waals surface area contributed by atoms with E-state index in [-0.39, 0.29) is 5.91 Å². The van der Waals surface area contributed by atoms with Crippen LogP contribution in [0.3, 0.4) is 0 Å². The van der Waals surface area contributed by atoms with Crippen molar-refractivity contribution in [2.24, 2.45) is 0 Å². The zero-order valence-corrected chi connectivity index (χ0v) is 13.9. The van der Waals surface area contributed by atoms with Gasteiger partial charge in [-0.25, -0.2) is 0 Å². The molecule has 0 fully saturated rings. The van der Waals surface area contributed by atoms with Gasteiger partial charge < -0.3 is 10.1 Å². The fourth-order valence-corrected chi connectivity index (χ4v) is 2.39. The van der Waals surface area contributed by atoms with E-state index in [0.717, 1.165) is 36.5 Å². The number of hydrogen-bond donors (Lipinski definition) is 1. The summed E-state index contributed by atoms with van der Waals surface area (Å²) in [6, 6.07) is 11.7. The first-order chi connectivity index (χ1) is 11.1. The lowest BCUT2D eigenvalue weighted by Gasteiger charge is -2.08. The van der Waals surface area contributed by atoms with Gasteiger partial charge in [-0.05, 0) is 44.9 Å². The molecule has 0 aliphatic heterocycles. The Balaban J connectivity index is 1.52. The summed E-state index contributed by atoms with van der Waals surface area (Å²) < 4.78 is 7.55. The summed E-state index contributed by atoms with van der Waals surface area (Å²) >= 11 is 0. The van der Waals surface area contributed by atoms with Crippen molar-refractivity contribution in [2.75, 3.05) is 13.2 Å². The van der Waals surface area contributed by atoms with Crippen molar-refractivity contribution < 1.29 is 9.53 Å². The first-order valence-corrected chi connectivity index (χ1v) is 8.11. The maximum atomic E-state index is 11.7. The van der Waals surface area contributed by atoms with Gasteiger partial charge in [0.1, 0.15) is 5.75 Å². The Morgan fingerprint density at radius 1 is 1.22 bits per heavy atom. The topological polar surface area (TPSA) is 56.2 Å². The molecular formula is C18H25N3O2. The van der Waals surface area contributed by atoms with E-state index >= 15 is 0 Å². The number of ether oxygens (including phenoxy) is 1. The maximum Gasteiger partial charge on any atom is 0.220 e. The van der Waals surface area contributed by atoms with Crippen molar-refractivity contribution in [2.45, 2.75) is 39.7 Å². The molecule has 0 saturated heterocycles. The van der Waals surface area contributed by atoms with Gasteiger partial charge in [0.25, 0.3) is 0 Å². The molecule has 0 saturated carbocycles. The Hall–Kier alpha value is -2.30. The summed E-state index contributed by atoms with van der Waals surface area (Å²) in [4.78, 5) is 11.7. The number of rotatable bonds is 9. The molecule has 0 bridgehead atoms. The minimum absolute atomic E-state index is 0.0787. The highest BCUT2D eigenvalue weighted by Crippen LogP contribution is 2.08. The number of carbonyl (C=O) groups is 1. The van der Waals surface area contributed by atoms with E-state index in [0.29, 0.717) is 19.6 Å². The van der Waals surface area contributed by atoms with Gasteiger partial charge >= 0.3 is 0 Å². The highest BCUT2D eigenvalue weighted by Gasteiger charge is 2.03. The molecule has 1 N–H and O–H groups in total. The summed E-state index contributed by atoms with van der Waals surface area (Å²) in [5.74, 6) is 0.924. The summed E-state index contributed by atoms with van der Waals surface area (Å²) in [6.07, 6.45) is 2.10. The number of carbonyl (C=O) groups excluding carboxylic acids is 1. The van der Waals surface area contributed by atoms with Crippen LogP contribution in [0.25, 0.3) is 0 Å². The third-order valence-electron chi connectivity index (χ3n) is 3.53. The van der Waals surface area contributed by atoms with Crippen LogP contribution in [0.2, 0.25) is 0 Å². The summed E-state index contributed by atoms with van der Waals surface area (Å²) in [7, 11) is 0. The molecule has 0 radical (unpaired) electrons. The lowest BCUT2D eigenvalue weighted by atomic mass is 10.3. The molecule has 23 heavy (non-hydrogen) atoms. The van der Waals surface area contributed by atoms with Crippen LogP contribution in [0.15, 0.2) is 36.4 Å². The molecule has 0 atom stereocenters. The molecule has 1 aromatic carbocycles. The molecule has 2 rings (SSSR count). The Labute approximate surface area is 137 Å². The molecule has 124 valence electrons. The highest BCUT2D eigenvalue weighted by atomic mass is 16.5. The second kappa shape index (κ2) is 8.98. The minimum Gasteiger partial charge on any atom is -0.494 e. The van der Waals surface area contributed by atoms with Crippen molar-refractivity contribution in [3.8, 4) is 5.75 Å². The van der Waals surface area contributed by atoms with E-state index < -0.39 is 0 Å². The van der Waals surface area contributed by atoms with Gasteiger partial charge in [0.05, 0.1) is 12.3 Å². The molecule has 0 aliphatic rings. The number of aryl methyl sites for hydroxylation is 3. The van der Waals surface area contributed by atoms with Gasteiger partial charge in [-0.3, -0.25) is 9.48 Å². The average Bonchev–Trinajstić information content (AvgIpc) is 2.87. The zero-order chi connectivity index (χ0) is 16.5. The number of nitrogens with one attached hydrogen (secondary N) is 1. The third-order valence-corrected chi connectivity index (χ3v) is 3.53. The van der Waals surface area contributed by atoms with Crippen LogP contribution in [-0.4, -0.2) is 28.8 Å². The van der Waals surface area contributed by atoms with Gasteiger partial charge in [0, 0.05) is 25.2 Å². The van der Waals surface area contributed by atoms with Crippen molar-refractivity contribution in [3.63, 3.8) is 0 Å². The van der Waals surface area contributed by atoms with E-state index in [9.17, 15) is 4.79 Å². The molecule has 0 aliphatic carbocycles. The maximum absolute atomic E-state index is 11.7.